The third-order valence-corrected chi connectivity index (χ3v) is 5.42. The van der Waals surface area contributed by atoms with Crippen molar-refractivity contribution in [3.8, 4) is 0 Å². The van der Waals surface area contributed by atoms with Gasteiger partial charge < -0.3 is 9.84 Å². The molecule has 0 spiro atoms. The minimum absolute atomic E-state index is 0.110. The lowest BCUT2D eigenvalue weighted by atomic mass is 9.81. The molecule has 2 rings (SSSR count). The van der Waals surface area contributed by atoms with Crippen LogP contribution in [-0.4, -0.2) is 46.9 Å². The summed E-state index contributed by atoms with van der Waals surface area (Å²) in [6.45, 7) is 2.23. The van der Waals surface area contributed by atoms with Crippen molar-refractivity contribution < 1.29 is 14.6 Å². The molecule has 3 unspecified atom stereocenters. The molecule has 110 valence electrons. The van der Waals surface area contributed by atoms with Gasteiger partial charge in [-0.1, -0.05) is 6.92 Å². The van der Waals surface area contributed by atoms with Gasteiger partial charge in [-0.25, -0.2) is 0 Å². The first-order valence-corrected chi connectivity index (χ1v) is 8.16. The highest BCUT2D eigenvalue weighted by atomic mass is 32.2. The monoisotopic (exact) mass is 287 g/mol. The van der Waals surface area contributed by atoms with E-state index < -0.39 is 5.54 Å². The van der Waals surface area contributed by atoms with Gasteiger partial charge >= 0.3 is 5.97 Å². The number of rotatable bonds is 6. The predicted molar refractivity (Wildman–Crippen MR) is 77.3 cm³/mol. The summed E-state index contributed by atoms with van der Waals surface area (Å²) in [5.41, 5.74) is -0.485. The van der Waals surface area contributed by atoms with Crippen molar-refractivity contribution in [2.45, 2.75) is 67.5 Å². The molecule has 2 aliphatic carbocycles. The standard InChI is InChI=1S/C14H25NO3S/c1-10(9-16)19-12-4-3-7-14(8-12,13(17)18-2)15-11-5-6-11/h10-12,15-16H,3-9H2,1-2H3. The van der Waals surface area contributed by atoms with Crippen LogP contribution in [0.4, 0.5) is 0 Å². The van der Waals surface area contributed by atoms with E-state index in [2.05, 4.69) is 5.32 Å². The molecule has 0 aromatic rings. The van der Waals surface area contributed by atoms with Gasteiger partial charge in [0.1, 0.15) is 5.54 Å². The Bertz CT molecular complexity index is 322. The normalized spacial score (nSPS) is 32.9. The molecular weight excluding hydrogens is 262 g/mol. The molecule has 2 N–H and O–H groups in total. The topological polar surface area (TPSA) is 58.6 Å². The fourth-order valence-electron chi connectivity index (χ4n) is 2.90. The average molecular weight is 287 g/mol. The van der Waals surface area contributed by atoms with Gasteiger partial charge in [0.2, 0.25) is 0 Å². The highest BCUT2D eigenvalue weighted by molar-refractivity contribution is 8.00. The number of esters is 1. The number of hydrogen-bond donors (Lipinski definition) is 2. The summed E-state index contributed by atoms with van der Waals surface area (Å²) >= 11 is 1.80. The number of methoxy groups -OCH3 is 1. The molecule has 4 nitrogen and oxygen atoms in total. The Morgan fingerprint density at radius 3 is 2.84 bits per heavy atom. The molecular formula is C14H25NO3S. The van der Waals surface area contributed by atoms with Crippen LogP contribution in [-0.2, 0) is 9.53 Å². The Morgan fingerprint density at radius 2 is 2.26 bits per heavy atom. The van der Waals surface area contributed by atoms with Crippen LogP contribution in [0.2, 0.25) is 0 Å². The van der Waals surface area contributed by atoms with Crippen molar-refractivity contribution in [1.29, 1.82) is 0 Å². The molecule has 2 aliphatic rings. The molecule has 2 fully saturated rings. The second kappa shape index (κ2) is 6.46. The summed E-state index contributed by atoms with van der Waals surface area (Å²) in [6, 6.07) is 0.498. The van der Waals surface area contributed by atoms with Crippen molar-refractivity contribution in [1.82, 2.24) is 5.32 Å². The Morgan fingerprint density at radius 1 is 1.53 bits per heavy atom. The molecule has 0 saturated heterocycles. The number of thioether (sulfide) groups is 1. The molecule has 5 heteroatoms. The first-order valence-electron chi connectivity index (χ1n) is 7.22. The van der Waals surface area contributed by atoms with Gasteiger partial charge in [-0.15, -0.1) is 0 Å². The number of carbonyl (C=O) groups excluding carboxylic acids is 1. The maximum atomic E-state index is 12.2. The van der Waals surface area contributed by atoms with Crippen LogP contribution in [0.25, 0.3) is 0 Å². The van der Waals surface area contributed by atoms with Gasteiger partial charge in [0.25, 0.3) is 0 Å². The molecule has 0 heterocycles. The molecule has 0 amide bonds. The third-order valence-electron chi connectivity index (χ3n) is 4.02. The van der Waals surface area contributed by atoms with Crippen LogP contribution in [0.3, 0.4) is 0 Å². The van der Waals surface area contributed by atoms with Crippen LogP contribution >= 0.6 is 11.8 Å². The highest BCUT2D eigenvalue weighted by Gasteiger charge is 2.46. The van der Waals surface area contributed by atoms with Crippen LogP contribution < -0.4 is 5.32 Å². The molecule has 2 saturated carbocycles. The lowest BCUT2D eigenvalue weighted by Crippen LogP contribution is -2.57. The van der Waals surface area contributed by atoms with Crippen LogP contribution in [0.15, 0.2) is 0 Å². The maximum absolute atomic E-state index is 12.2. The van der Waals surface area contributed by atoms with Crippen molar-refractivity contribution in [2.24, 2.45) is 0 Å². The van der Waals surface area contributed by atoms with Gasteiger partial charge in [-0.05, 0) is 38.5 Å². The van der Waals surface area contributed by atoms with E-state index in [-0.39, 0.29) is 17.8 Å². The number of hydrogen-bond acceptors (Lipinski definition) is 5. The largest absolute Gasteiger partial charge is 0.468 e. The van der Waals surface area contributed by atoms with Crippen molar-refractivity contribution in [3.05, 3.63) is 0 Å². The molecule has 0 radical (unpaired) electrons. The molecule has 0 bridgehead atoms. The van der Waals surface area contributed by atoms with Gasteiger partial charge in [0.15, 0.2) is 0 Å². The van der Waals surface area contributed by atoms with E-state index in [0.29, 0.717) is 11.3 Å². The summed E-state index contributed by atoms with van der Waals surface area (Å²) < 4.78 is 5.04. The summed E-state index contributed by atoms with van der Waals surface area (Å²) in [5, 5.41) is 13.4. The van der Waals surface area contributed by atoms with E-state index in [1.807, 2.05) is 6.92 Å². The third kappa shape index (κ3) is 3.86. The summed E-state index contributed by atoms with van der Waals surface area (Å²) in [5.74, 6) is -0.110. The first-order chi connectivity index (χ1) is 9.09. The number of aliphatic hydroxyl groups excluding tert-OH is 1. The van der Waals surface area contributed by atoms with E-state index in [9.17, 15) is 9.90 Å². The molecule has 0 aliphatic heterocycles. The Balaban J connectivity index is 2.02. The minimum atomic E-state index is -0.485. The first kappa shape index (κ1) is 15.1. The van der Waals surface area contributed by atoms with E-state index >= 15 is 0 Å². The van der Waals surface area contributed by atoms with Gasteiger partial charge in [0, 0.05) is 16.5 Å². The minimum Gasteiger partial charge on any atom is -0.468 e. The number of aliphatic hydroxyl groups is 1. The van der Waals surface area contributed by atoms with Crippen LogP contribution in [0.1, 0.15) is 45.4 Å². The van der Waals surface area contributed by atoms with Crippen molar-refractivity contribution >= 4 is 17.7 Å². The van der Waals surface area contributed by atoms with Crippen LogP contribution in [0, 0.1) is 0 Å². The number of ether oxygens (including phenoxy) is 1. The summed E-state index contributed by atoms with van der Waals surface area (Å²) in [6.07, 6.45) is 6.21. The summed E-state index contributed by atoms with van der Waals surface area (Å²) in [4.78, 5) is 12.2. The maximum Gasteiger partial charge on any atom is 0.326 e. The smallest absolute Gasteiger partial charge is 0.326 e. The van der Waals surface area contributed by atoms with E-state index in [1.54, 1.807) is 11.8 Å². The fourth-order valence-corrected chi connectivity index (χ4v) is 4.33. The number of carbonyl (C=O) groups is 1. The van der Waals surface area contributed by atoms with E-state index in [1.165, 1.54) is 20.0 Å². The van der Waals surface area contributed by atoms with E-state index in [0.717, 1.165) is 25.7 Å². The Hall–Kier alpha value is -0.260. The molecule has 19 heavy (non-hydrogen) atoms. The second-order valence-corrected chi connectivity index (χ2v) is 7.58. The zero-order valence-corrected chi connectivity index (χ0v) is 12.7. The zero-order valence-electron chi connectivity index (χ0n) is 11.9. The quantitative estimate of drug-likeness (QED) is 0.728. The van der Waals surface area contributed by atoms with Crippen molar-refractivity contribution in [3.63, 3.8) is 0 Å². The van der Waals surface area contributed by atoms with E-state index in [4.69, 9.17) is 4.74 Å². The molecule has 3 atom stereocenters. The molecule has 0 aromatic heterocycles. The predicted octanol–water partition coefficient (Wildman–Crippen LogP) is 1.71. The fraction of sp³-hybridized carbons (Fsp3) is 0.929. The average Bonchev–Trinajstić information content (AvgIpc) is 3.21. The summed E-state index contributed by atoms with van der Waals surface area (Å²) in [7, 11) is 1.48. The SMILES string of the molecule is COC(=O)C1(NC2CC2)CCCC(SC(C)CO)C1. The molecule has 0 aromatic carbocycles. The lowest BCUT2D eigenvalue weighted by molar-refractivity contribution is -0.150. The van der Waals surface area contributed by atoms with Crippen LogP contribution in [0.5, 0.6) is 0 Å². The highest BCUT2D eigenvalue weighted by Crippen LogP contribution is 2.39. The number of nitrogens with one attached hydrogen (secondary N) is 1. The van der Waals surface area contributed by atoms with Gasteiger partial charge in [-0.3, -0.25) is 10.1 Å². The van der Waals surface area contributed by atoms with Gasteiger partial charge in [-0.2, -0.15) is 11.8 Å². The Kier molecular flexibility index (Phi) is 5.15. The second-order valence-electron chi connectivity index (χ2n) is 5.84. The Labute approximate surface area is 119 Å². The van der Waals surface area contributed by atoms with Gasteiger partial charge in [0.05, 0.1) is 13.7 Å². The lowest BCUT2D eigenvalue weighted by Gasteiger charge is -2.39. The zero-order chi connectivity index (χ0) is 13.9. The van der Waals surface area contributed by atoms with Crippen molar-refractivity contribution in [2.75, 3.05) is 13.7 Å².